The van der Waals surface area contributed by atoms with Gasteiger partial charge >= 0.3 is 0 Å². The van der Waals surface area contributed by atoms with Crippen LogP contribution in [0.4, 0.5) is 0 Å². The Balaban J connectivity index is 1.43. The second-order valence-corrected chi connectivity index (χ2v) is 8.33. The van der Waals surface area contributed by atoms with Gasteiger partial charge in [0.25, 0.3) is 5.91 Å². The monoisotopic (exact) mass is 386 g/mol. The Morgan fingerprint density at radius 2 is 2.00 bits per heavy atom. The van der Waals surface area contributed by atoms with Crippen LogP contribution in [0.15, 0.2) is 42.5 Å². The van der Waals surface area contributed by atoms with Crippen LogP contribution in [0.3, 0.4) is 0 Å². The number of benzene rings is 2. The van der Waals surface area contributed by atoms with Crippen LogP contribution in [0.1, 0.15) is 46.2 Å². The van der Waals surface area contributed by atoms with Gasteiger partial charge in [-0.2, -0.15) is 0 Å². The van der Waals surface area contributed by atoms with Gasteiger partial charge in [-0.15, -0.1) is 0 Å². The van der Waals surface area contributed by atoms with E-state index in [-0.39, 0.29) is 11.8 Å². The van der Waals surface area contributed by atoms with Gasteiger partial charge in [0.05, 0.1) is 11.0 Å². The third-order valence-corrected chi connectivity index (χ3v) is 6.22. The van der Waals surface area contributed by atoms with Crippen LogP contribution in [0.5, 0.6) is 0 Å². The lowest BCUT2D eigenvalue weighted by Crippen LogP contribution is -2.39. The van der Waals surface area contributed by atoms with Gasteiger partial charge in [0, 0.05) is 37.0 Å². The fourth-order valence-corrected chi connectivity index (χ4v) is 4.79. The number of fused-ring (bicyclic) bond motifs is 2. The first-order valence-electron chi connectivity index (χ1n) is 10.3. The summed E-state index contributed by atoms with van der Waals surface area (Å²) in [6.45, 7) is 5.69. The highest BCUT2D eigenvalue weighted by molar-refractivity contribution is 5.99. The summed E-state index contributed by atoms with van der Waals surface area (Å²) in [5, 5.41) is 1.13. The van der Waals surface area contributed by atoms with Crippen LogP contribution in [0.25, 0.3) is 21.9 Å². The smallest absolute Gasteiger partial charge is 0.270 e. The quantitative estimate of drug-likeness (QED) is 0.543. The number of carbonyl (C=O) groups excluding carboxylic acids is 1. The van der Waals surface area contributed by atoms with E-state index < -0.39 is 0 Å². The molecule has 2 aromatic carbocycles. The van der Waals surface area contributed by atoms with E-state index in [0.717, 1.165) is 47.1 Å². The van der Waals surface area contributed by atoms with Crippen molar-refractivity contribution in [3.63, 3.8) is 0 Å². The van der Waals surface area contributed by atoms with Gasteiger partial charge < -0.3 is 14.5 Å². The molecule has 1 aliphatic heterocycles. The molecule has 1 fully saturated rings. The first-order valence-corrected chi connectivity index (χ1v) is 10.3. The fourth-order valence-electron chi connectivity index (χ4n) is 4.79. The average Bonchev–Trinajstić information content (AvgIpc) is 3.29. The topological polar surface area (TPSA) is 53.9 Å². The fraction of sp³-hybridized carbons (Fsp3) is 0.333. The summed E-state index contributed by atoms with van der Waals surface area (Å²) in [6.07, 6.45) is 2.06. The minimum Gasteiger partial charge on any atom is -0.351 e. The van der Waals surface area contributed by atoms with Gasteiger partial charge in [-0.05, 0) is 62.1 Å². The highest BCUT2D eigenvalue weighted by Gasteiger charge is 2.29. The van der Waals surface area contributed by atoms with E-state index in [1.807, 2.05) is 23.1 Å². The van der Waals surface area contributed by atoms with Crippen molar-refractivity contribution in [3.05, 3.63) is 65.1 Å². The van der Waals surface area contributed by atoms with Crippen molar-refractivity contribution < 1.29 is 4.79 Å². The van der Waals surface area contributed by atoms with Gasteiger partial charge in [0.1, 0.15) is 11.5 Å². The highest BCUT2D eigenvalue weighted by Crippen LogP contribution is 2.30. The zero-order valence-electron chi connectivity index (χ0n) is 17.2. The maximum Gasteiger partial charge on any atom is 0.270 e. The van der Waals surface area contributed by atoms with Crippen LogP contribution in [0.2, 0.25) is 0 Å². The molecule has 1 N–H and O–H groups in total. The molecule has 5 rings (SSSR count). The molecule has 4 aromatic rings. The number of amides is 1. The summed E-state index contributed by atoms with van der Waals surface area (Å²) in [5.74, 6) is 1.42. The lowest BCUT2D eigenvalue weighted by atomic mass is 9.97. The average molecular weight is 386 g/mol. The second-order valence-electron chi connectivity index (χ2n) is 8.33. The Hall–Kier alpha value is -3.08. The van der Waals surface area contributed by atoms with Crippen molar-refractivity contribution >= 4 is 27.8 Å². The Morgan fingerprint density at radius 1 is 1.17 bits per heavy atom. The number of aryl methyl sites for hydroxylation is 3. The molecule has 2 aromatic heterocycles. The third kappa shape index (κ3) is 3.01. The first-order chi connectivity index (χ1) is 14.0. The Kier molecular flexibility index (Phi) is 4.19. The molecule has 1 aliphatic rings. The first kappa shape index (κ1) is 18.0. The Bertz CT molecular complexity index is 1230. The number of aromatic nitrogens is 3. The van der Waals surface area contributed by atoms with E-state index in [9.17, 15) is 4.79 Å². The van der Waals surface area contributed by atoms with Crippen LogP contribution in [0, 0.1) is 13.8 Å². The lowest BCUT2D eigenvalue weighted by Gasteiger charge is -2.32. The summed E-state index contributed by atoms with van der Waals surface area (Å²) < 4.78 is 2.18. The maximum absolute atomic E-state index is 13.3. The SMILES string of the molecule is Cc1cc(C)c2cc(C(=O)N3CCCC(c4nc5ccccc5n4C)C3)[nH]c2c1. The molecule has 1 saturated heterocycles. The molecule has 1 unspecified atom stereocenters. The lowest BCUT2D eigenvalue weighted by molar-refractivity contribution is 0.0699. The number of hydrogen-bond donors (Lipinski definition) is 1. The zero-order valence-corrected chi connectivity index (χ0v) is 17.2. The molecule has 3 heterocycles. The summed E-state index contributed by atoms with van der Waals surface area (Å²) in [6, 6.07) is 14.5. The van der Waals surface area contributed by atoms with E-state index >= 15 is 0 Å². The van der Waals surface area contributed by atoms with Gasteiger partial charge in [-0.1, -0.05) is 18.2 Å². The number of hydrogen-bond acceptors (Lipinski definition) is 2. The second kappa shape index (κ2) is 6.76. The van der Waals surface area contributed by atoms with E-state index in [0.29, 0.717) is 12.2 Å². The van der Waals surface area contributed by atoms with Crippen LogP contribution in [-0.4, -0.2) is 38.4 Å². The zero-order chi connectivity index (χ0) is 20.1. The largest absolute Gasteiger partial charge is 0.351 e. The molecule has 0 spiro atoms. The van der Waals surface area contributed by atoms with Crippen LogP contribution in [-0.2, 0) is 7.05 Å². The van der Waals surface area contributed by atoms with Gasteiger partial charge in [0.15, 0.2) is 0 Å². The third-order valence-electron chi connectivity index (χ3n) is 6.22. The van der Waals surface area contributed by atoms with E-state index in [1.165, 1.54) is 11.1 Å². The standard InChI is InChI=1S/C24H26N4O/c1-15-11-16(2)18-13-21(25-20(18)12-15)24(29)28-10-6-7-17(14-28)23-26-19-8-4-5-9-22(19)27(23)3/h4-5,8-9,11-13,17,25H,6-7,10,14H2,1-3H3. The summed E-state index contributed by atoms with van der Waals surface area (Å²) in [4.78, 5) is 23.5. The normalized spacial score (nSPS) is 17.3. The Morgan fingerprint density at radius 3 is 2.83 bits per heavy atom. The number of imidazole rings is 1. The van der Waals surface area contributed by atoms with E-state index in [1.54, 1.807) is 0 Å². The summed E-state index contributed by atoms with van der Waals surface area (Å²) in [7, 11) is 2.08. The molecule has 29 heavy (non-hydrogen) atoms. The summed E-state index contributed by atoms with van der Waals surface area (Å²) in [5.41, 5.74) is 6.29. The van der Waals surface area contributed by atoms with Crippen molar-refractivity contribution in [2.24, 2.45) is 7.05 Å². The predicted molar refractivity (Wildman–Crippen MR) is 116 cm³/mol. The highest BCUT2D eigenvalue weighted by atomic mass is 16.2. The molecule has 0 radical (unpaired) electrons. The van der Waals surface area contributed by atoms with E-state index in [2.05, 4.69) is 54.7 Å². The molecule has 1 amide bonds. The molecule has 1 atom stereocenters. The van der Waals surface area contributed by atoms with Crippen molar-refractivity contribution in [3.8, 4) is 0 Å². The molecular weight excluding hydrogens is 360 g/mol. The number of aromatic amines is 1. The van der Waals surface area contributed by atoms with Gasteiger partial charge in [0.2, 0.25) is 0 Å². The van der Waals surface area contributed by atoms with Gasteiger partial charge in [-0.3, -0.25) is 4.79 Å². The minimum absolute atomic E-state index is 0.0849. The number of piperidine rings is 1. The molecular formula is C24H26N4O. The van der Waals surface area contributed by atoms with Gasteiger partial charge in [-0.25, -0.2) is 4.98 Å². The van der Waals surface area contributed by atoms with Crippen LogP contribution < -0.4 is 0 Å². The molecule has 5 heteroatoms. The van der Waals surface area contributed by atoms with Crippen molar-refractivity contribution in [2.75, 3.05) is 13.1 Å². The number of carbonyl (C=O) groups is 1. The number of nitrogens with zero attached hydrogens (tertiary/aromatic N) is 3. The number of para-hydroxylation sites is 2. The van der Waals surface area contributed by atoms with Crippen molar-refractivity contribution in [1.82, 2.24) is 19.4 Å². The molecule has 0 saturated carbocycles. The van der Waals surface area contributed by atoms with Crippen molar-refractivity contribution in [2.45, 2.75) is 32.6 Å². The number of rotatable bonds is 2. The van der Waals surface area contributed by atoms with E-state index in [4.69, 9.17) is 4.98 Å². The molecule has 5 nitrogen and oxygen atoms in total. The summed E-state index contributed by atoms with van der Waals surface area (Å²) >= 11 is 0. The molecule has 148 valence electrons. The van der Waals surface area contributed by atoms with Crippen LogP contribution >= 0.6 is 0 Å². The number of H-pyrrole nitrogens is 1. The number of nitrogens with one attached hydrogen (secondary N) is 1. The predicted octanol–water partition coefficient (Wildman–Crippen LogP) is 4.69. The Labute approximate surface area is 170 Å². The number of likely N-dealkylation sites (tertiary alicyclic amines) is 1. The maximum atomic E-state index is 13.3. The molecule has 0 aliphatic carbocycles. The molecule has 0 bridgehead atoms. The minimum atomic E-state index is 0.0849. The van der Waals surface area contributed by atoms with Crippen molar-refractivity contribution in [1.29, 1.82) is 0 Å².